The number of ether oxygens (including phenoxy) is 1. The van der Waals surface area contributed by atoms with Crippen LogP contribution in [0.15, 0.2) is 60.5 Å². The molecule has 5 aromatic rings. The van der Waals surface area contributed by atoms with Crippen LogP contribution < -0.4 is 4.74 Å². The molecule has 6 rings (SSSR count). The Hall–Kier alpha value is -3.05. The molecule has 0 spiro atoms. The van der Waals surface area contributed by atoms with E-state index in [9.17, 15) is 9.90 Å². The van der Waals surface area contributed by atoms with Gasteiger partial charge in [-0.3, -0.25) is 9.78 Å². The minimum Gasteiger partial charge on any atom is -0.521 e. The van der Waals surface area contributed by atoms with Crippen LogP contribution in [0.5, 0.6) is 5.75 Å². The molecule has 0 atom stereocenters. The van der Waals surface area contributed by atoms with Crippen molar-refractivity contribution in [3.8, 4) is 17.0 Å². The molecule has 0 aliphatic carbocycles. The molecule has 0 bridgehead atoms. The summed E-state index contributed by atoms with van der Waals surface area (Å²) in [6.45, 7) is 26.2. The van der Waals surface area contributed by atoms with Crippen molar-refractivity contribution in [3.63, 3.8) is 0 Å². The maximum Gasteiger partial charge on any atom is 0.162 e. The molecular formula is C46H58IrNO3S-. The third kappa shape index (κ3) is 7.91. The van der Waals surface area contributed by atoms with Gasteiger partial charge in [0, 0.05) is 70.1 Å². The molecule has 1 aliphatic rings. The fraction of sp³-hybridized carbons (Fsp3) is 0.478. The van der Waals surface area contributed by atoms with Gasteiger partial charge in [0.25, 0.3) is 0 Å². The summed E-state index contributed by atoms with van der Waals surface area (Å²) in [6, 6.07) is 19.1. The van der Waals surface area contributed by atoms with E-state index in [0.717, 1.165) is 54.5 Å². The average Bonchev–Trinajstić information content (AvgIpc) is 3.54. The third-order valence-electron chi connectivity index (χ3n) is 11.4. The number of benzene rings is 3. The summed E-state index contributed by atoms with van der Waals surface area (Å²) in [4.78, 5) is 16.7. The predicted octanol–water partition coefficient (Wildman–Crippen LogP) is 13.3. The van der Waals surface area contributed by atoms with E-state index in [-0.39, 0.29) is 59.9 Å². The van der Waals surface area contributed by atoms with Crippen LogP contribution in [0.1, 0.15) is 119 Å². The first kappa shape index (κ1) is 41.7. The van der Waals surface area contributed by atoms with Crippen LogP contribution in [0.4, 0.5) is 0 Å². The van der Waals surface area contributed by atoms with Crippen molar-refractivity contribution in [2.75, 3.05) is 0 Å². The zero-order chi connectivity index (χ0) is 37.5. The minimum absolute atomic E-state index is 0. The molecule has 0 fully saturated rings. The van der Waals surface area contributed by atoms with E-state index in [1.807, 2.05) is 45.2 Å². The summed E-state index contributed by atoms with van der Waals surface area (Å²) in [6.07, 6.45) is 7.92. The Balaban J connectivity index is 0.000000323. The number of aliphatic hydroxyl groups is 1. The maximum absolute atomic E-state index is 11.7. The number of aliphatic hydroxyl groups excluding tert-OH is 1. The van der Waals surface area contributed by atoms with Crippen molar-refractivity contribution in [1.82, 2.24) is 4.98 Å². The number of hydrogen-bond donors (Lipinski definition) is 1. The molecule has 281 valence electrons. The molecule has 0 amide bonds. The Morgan fingerprint density at radius 1 is 0.904 bits per heavy atom. The molecule has 52 heavy (non-hydrogen) atoms. The van der Waals surface area contributed by atoms with Gasteiger partial charge in [-0.15, -0.1) is 28.9 Å². The standard InChI is InChI=1S/C33H34NOS.C13H24O2.Ir/c1-19-21(18-31(2,3)4)13-14-23-24-15-16-34-27(30(24)36-29(19)23)25-17-20-11-9-10-12-22(20)26-28(25)35-33(7,8)32(26,5)6;1-5-10(6-2)12(14)9-13(15)11(7-3)8-4;/h9-16H,18H2,1-8H3;9-11,14H,5-8H2,1-4H3;/q-1;;/b;12-9-;. The van der Waals surface area contributed by atoms with E-state index in [0.29, 0.717) is 0 Å². The van der Waals surface area contributed by atoms with Gasteiger partial charge in [-0.05, 0) is 80.9 Å². The van der Waals surface area contributed by atoms with E-state index in [2.05, 4.69) is 104 Å². The van der Waals surface area contributed by atoms with Crippen molar-refractivity contribution in [2.45, 2.75) is 126 Å². The fourth-order valence-corrected chi connectivity index (χ4v) is 8.80. The summed E-state index contributed by atoms with van der Waals surface area (Å²) < 4.78 is 9.33. The molecular weight excluding hydrogens is 839 g/mol. The molecule has 6 heteroatoms. The number of rotatable bonds is 9. The van der Waals surface area contributed by atoms with Crippen molar-refractivity contribution in [3.05, 3.63) is 83.3 Å². The normalized spacial score (nSPS) is 15.1. The van der Waals surface area contributed by atoms with Crippen LogP contribution in [0.3, 0.4) is 0 Å². The number of ketones is 1. The molecule has 3 aromatic carbocycles. The topological polar surface area (TPSA) is 59.4 Å². The molecule has 2 aromatic heterocycles. The van der Waals surface area contributed by atoms with Gasteiger partial charge in [0.2, 0.25) is 0 Å². The molecule has 4 nitrogen and oxygen atoms in total. The Kier molecular flexibility index (Phi) is 12.9. The number of pyridine rings is 1. The number of hydrogen-bond acceptors (Lipinski definition) is 5. The average molecular weight is 897 g/mol. The number of carbonyl (C=O) groups is 1. The molecule has 0 unspecified atom stereocenters. The summed E-state index contributed by atoms with van der Waals surface area (Å²) in [5.74, 6) is 1.48. The van der Waals surface area contributed by atoms with E-state index in [4.69, 9.17) is 9.72 Å². The Bertz CT molecular complexity index is 2090. The predicted molar refractivity (Wildman–Crippen MR) is 218 cm³/mol. The number of thiophene rings is 1. The third-order valence-corrected chi connectivity index (χ3v) is 12.7. The van der Waals surface area contributed by atoms with E-state index < -0.39 is 0 Å². The monoisotopic (exact) mass is 897 g/mol. The van der Waals surface area contributed by atoms with Gasteiger partial charge in [0.15, 0.2) is 5.78 Å². The van der Waals surface area contributed by atoms with Gasteiger partial charge >= 0.3 is 0 Å². The number of aromatic nitrogens is 1. The van der Waals surface area contributed by atoms with E-state index in [1.165, 1.54) is 48.3 Å². The van der Waals surface area contributed by atoms with Gasteiger partial charge in [-0.25, -0.2) is 0 Å². The molecule has 3 heterocycles. The minimum atomic E-state index is -0.339. The van der Waals surface area contributed by atoms with Gasteiger partial charge in [-0.2, -0.15) is 0 Å². The second-order valence-corrected chi connectivity index (χ2v) is 17.6. The van der Waals surface area contributed by atoms with Crippen molar-refractivity contribution < 1.29 is 34.7 Å². The molecule has 0 saturated heterocycles. The van der Waals surface area contributed by atoms with Crippen molar-refractivity contribution >= 4 is 48.1 Å². The van der Waals surface area contributed by atoms with Crippen LogP contribution in [0.2, 0.25) is 0 Å². The fourth-order valence-electron chi connectivity index (χ4n) is 7.48. The first-order valence-electron chi connectivity index (χ1n) is 18.9. The smallest absolute Gasteiger partial charge is 0.162 e. The number of allylic oxidation sites excluding steroid dienone is 2. The second-order valence-electron chi connectivity index (χ2n) is 16.6. The van der Waals surface area contributed by atoms with Crippen LogP contribution in [-0.4, -0.2) is 21.5 Å². The molecule has 1 aliphatic heterocycles. The summed E-state index contributed by atoms with van der Waals surface area (Å²) >= 11 is 1.86. The molecule has 0 saturated carbocycles. The van der Waals surface area contributed by atoms with Crippen LogP contribution >= 0.6 is 11.3 Å². The Labute approximate surface area is 329 Å². The second kappa shape index (κ2) is 16.1. The zero-order valence-corrected chi connectivity index (χ0v) is 36.6. The van der Waals surface area contributed by atoms with Crippen molar-refractivity contribution in [2.24, 2.45) is 17.3 Å². The zero-order valence-electron chi connectivity index (χ0n) is 33.3. The van der Waals surface area contributed by atoms with Gasteiger partial charge < -0.3 is 9.84 Å². The van der Waals surface area contributed by atoms with Crippen LogP contribution in [0, 0.1) is 30.2 Å². The first-order valence-corrected chi connectivity index (χ1v) is 19.7. The number of carbonyl (C=O) groups excluding carboxylic acids is 1. The Morgan fingerprint density at radius 2 is 1.52 bits per heavy atom. The summed E-state index contributed by atoms with van der Waals surface area (Å²) in [5.41, 5.74) is 5.79. The first-order chi connectivity index (χ1) is 24.0. The van der Waals surface area contributed by atoms with E-state index >= 15 is 0 Å². The number of fused-ring (bicyclic) bond motifs is 6. The molecule has 1 radical (unpaired) electrons. The number of nitrogens with zero attached hydrogens (tertiary/aromatic N) is 1. The van der Waals surface area contributed by atoms with E-state index in [1.54, 1.807) is 0 Å². The van der Waals surface area contributed by atoms with Gasteiger partial charge in [0.05, 0.1) is 11.5 Å². The SMILES string of the molecule is CCC(CC)C(=O)/C=C(\O)C(CC)CC.Cc1c(CC(C)(C)C)ccc2c1sc1c(-c3[c-]c4ccccc4c4c3OC(C)(C)C4(C)C)nccc12.[Ir]. The summed E-state index contributed by atoms with van der Waals surface area (Å²) in [7, 11) is 0. The van der Waals surface area contributed by atoms with Gasteiger partial charge in [0.1, 0.15) is 5.60 Å². The van der Waals surface area contributed by atoms with Gasteiger partial charge in [-0.1, -0.05) is 109 Å². The van der Waals surface area contributed by atoms with Crippen molar-refractivity contribution in [1.29, 1.82) is 0 Å². The largest absolute Gasteiger partial charge is 0.521 e. The summed E-state index contributed by atoms with van der Waals surface area (Å²) in [5, 5.41) is 14.7. The Morgan fingerprint density at radius 3 is 2.13 bits per heavy atom. The number of aryl methyl sites for hydroxylation is 1. The quantitative estimate of drug-likeness (QED) is 0.0910. The molecule has 1 N–H and O–H groups in total. The van der Waals surface area contributed by atoms with Crippen LogP contribution in [-0.2, 0) is 36.7 Å². The maximum atomic E-state index is 11.7. The van der Waals surface area contributed by atoms with Crippen LogP contribution in [0.25, 0.3) is 42.2 Å².